The summed E-state index contributed by atoms with van der Waals surface area (Å²) in [5, 5.41) is 8.24. The third-order valence-electron chi connectivity index (χ3n) is 3.12. The van der Waals surface area contributed by atoms with E-state index in [1.807, 2.05) is 26.1 Å². The van der Waals surface area contributed by atoms with Gasteiger partial charge >= 0.3 is 0 Å². The van der Waals surface area contributed by atoms with Crippen LogP contribution in [0.4, 0.5) is 0 Å². The van der Waals surface area contributed by atoms with Gasteiger partial charge < -0.3 is 10.5 Å². The zero-order valence-corrected chi connectivity index (χ0v) is 10.6. The maximum atomic E-state index is 6.00. The van der Waals surface area contributed by atoms with Crippen LogP contribution in [-0.4, -0.2) is 15.0 Å². The Hall–Kier alpha value is -1.72. The Kier molecular flexibility index (Phi) is 2.46. The van der Waals surface area contributed by atoms with Crippen LogP contribution in [0.5, 0.6) is 0 Å². The SMILES string of the molecule is CC(C)(N)c1cn(-c2ccc3c(c2)COC3)nn1. The molecular weight excluding hydrogens is 228 g/mol. The summed E-state index contributed by atoms with van der Waals surface area (Å²) in [5.41, 5.74) is 9.76. The number of benzene rings is 1. The van der Waals surface area contributed by atoms with E-state index >= 15 is 0 Å². The smallest absolute Gasteiger partial charge is 0.102 e. The summed E-state index contributed by atoms with van der Waals surface area (Å²) in [5.74, 6) is 0. The summed E-state index contributed by atoms with van der Waals surface area (Å²) >= 11 is 0. The number of hydrogen-bond acceptors (Lipinski definition) is 4. The van der Waals surface area contributed by atoms with Gasteiger partial charge in [0.25, 0.3) is 0 Å². The first-order valence-electron chi connectivity index (χ1n) is 5.96. The Balaban J connectivity index is 1.98. The van der Waals surface area contributed by atoms with E-state index < -0.39 is 5.54 Å². The largest absolute Gasteiger partial charge is 0.372 e. The Morgan fingerprint density at radius 3 is 2.78 bits per heavy atom. The van der Waals surface area contributed by atoms with Crippen LogP contribution >= 0.6 is 0 Å². The molecule has 2 heterocycles. The van der Waals surface area contributed by atoms with Gasteiger partial charge in [-0.3, -0.25) is 0 Å². The van der Waals surface area contributed by atoms with Crippen LogP contribution in [0, 0.1) is 0 Å². The van der Waals surface area contributed by atoms with Crippen molar-refractivity contribution in [1.29, 1.82) is 0 Å². The van der Waals surface area contributed by atoms with Gasteiger partial charge in [0.15, 0.2) is 0 Å². The van der Waals surface area contributed by atoms with Gasteiger partial charge in [0.2, 0.25) is 0 Å². The summed E-state index contributed by atoms with van der Waals surface area (Å²) in [4.78, 5) is 0. The number of fused-ring (bicyclic) bond motifs is 1. The first-order valence-corrected chi connectivity index (χ1v) is 5.96. The molecule has 5 heteroatoms. The number of nitrogens with zero attached hydrogens (tertiary/aromatic N) is 3. The zero-order valence-electron chi connectivity index (χ0n) is 10.6. The second kappa shape index (κ2) is 3.90. The van der Waals surface area contributed by atoms with E-state index in [4.69, 9.17) is 10.5 Å². The number of aromatic nitrogens is 3. The topological polar surface area (TPSA) is 66.0 Å². The molecule has 0 aliphatic carbocycles. The molecule has 0 atom stereocenters. The monoisotopic (exact) mass is 244 g/mol. The fourth-order valence-corrected chi connectivity index (χ4v) is 1.99. The third-order valence-corrected chi connectivity index (χ3v) is 3.12. The molecular formula is C13H16N4O. The Labute approximate surface area is 106 Å². The van der Waals surface area contributed by atoms with E-state index in [-0.39, 0.29) is 0 Å². The third kappa shape index (κ3) is 1.91. The highest BCUT2D eigenvalue weighted by Crippen LogP contribution is 2.23. The van der Waals surface area contributed by atoms with Crippen LogP contribution in [0.25, 0.3) is 5.69 Å². The number of rotatable bonds is 2. The predicted octanol–water partition coefficient (Wildman–Crippen LogP) is 1.49. The molecule has 0 amide bonds. The van der Waals surface area contributed by atoms with E-state index in [2.05, 4.69) is 22.4 Å². The van der Waals surface area contributed by atoms with Gasteiger partial charge in [-0.15, -0.1) is 5.10 Å². The van der Waals surface area contributed by atoms with E-state index in [9.17, 15) is 0 Å². The molecule has 94 valence electrons. The molecule has 1 aromatic heterocycles. The van der Waals surface area contributed by atoms with Crippen LogP contribution in [0.2, 0.25) is 0 Å². The molecule has 5 nitrogen and oxygen atoms in total. The molecule has 0 fully saturated rings. The first kappa shape index (κ1) is 11.4. The molecule has 2 N–H and O–H groups in total. The highest BCUT2D eigenvalue weighted by molar-refractivity contribution is 5.41. The van der Waals surface area contributed by atoms with Gasteiger partial charge in [-0.05, 0) is 37.1 Å². The highest BCUT2D eigenvalue weighted by Gasteiger charge is 2.19. The fourth-order valence-electron chi connectivity index (χ4n) is 1.99. The number of nitrogens with two attached hydrogens (primary N) is 1. The minimum Gasteiger partial charge on any atom is -0.372 e. The van der Waals surface area contributed by atoms with Crippen molar-refractivity contribution in [1.82, 2.24) is 15.0 Å². The quantitative estimate of drug-likeness (QED) is 0.869. The fraction of sp³-hybridized carbons (Fsp3) is 0.385. The van der Waals surface area contributed by atoms with Crippen LogP contribution in [-0.2, 0) is 23.5 Å². The molecule has 0 bridgehead atoms. The van der Waals surface area contributed by atoms with Crippen molar-refractivity contribution in [3.05, 3.63) is 41.2 Å². The van der Waals surface area contributed by atoms with Gasteiger partial charge in [0.1, 0.15) is 5.69 Å². The lowest BCUT2D eigenvalue weighted by atomic mass is 10.0. The van der Waals surface area contributed by atoms with Crippen molar-refractivity contribution >= 4 is 0 Å². The second-order valence-corrected chi connectivity index (χ2v) is 5.22. The van der Waals surface area contributed by atoms with Crippen molar-refractivity contribution in [2.75, 3.05) is 0 Å². The maximum absolute atomic E-state index is 6.00. The van der Waals surface area contributed by atoms with Gasteiger partial charge in [0.05, 0.1) is 30.6 Å². The summed E-state index contributed by atoms with van der Waals surface area (Å²) in [6.45, 7) is 5.21. The van der Waals surface area contributed by atoms with Gasteiger partial charge in [-0.2, -0.15) is 0 Å². The van der Waals surface area contributed by atoms with Crippen LogP contribution < -0.4 is 5.73 Å². The standard InChI is InChI=1S/C13H16N4O/c1-13(2,14)12-6-17(16-15-12)11-4-3-9-7-18-8-10(9)5-11/h3-6H,7-8,14H2,1-2H3. The lowest BCUT2D eigenvalue weighted by molar-refractivity contribution is 0.134. The average Bonchev–Trinajstić information content (AvgIpc) is 2.96. The highest BCUT2D eigenvalue weighted by atomic mass is 16.5. The lowest BCUT2D eigenvalue weighted by Crippen LogP contribution is -2.29. The average molecular weight is 244 g/mol. The summed E-state index contributed by atoms with van der Waals surface area (Å²) in [6, 6.07) is 6.19. The molecule has 1 aromatic carbocycles. The minimum atomic E-state index is -0.474. The Morgan fingerprint density at radius 1 is 1.28 bits per heavy atom. The van der Waals surface area contributed by atoms with E-state index in [1.165, 1.54) is 11.1 Å². The van der Waals surface area contributed by atoms with Crippen molar-refractivity contribution < 1.29 is 4.74 Å². The minimum absolute atomic E-state index is 0.474. The van der Waals surface area contributed by atoms with Crippen LogP contribution in [0.15, 0.2) is 24.4 Å². The molecule has 18 heavy (non-hydrogen) atoms. The molecule has 0 unspecified atom stereocenters. The molecule has 3 rings (SSSR count). The van der Waals surface area contributed by atoms with Gasteiger partial charge in [0, 0.05) is 0 Å². The Bertz CT molecular complexity index is 583. The zero-order chi connectivity index (χ0) is 12.8. The predicted molar refractivity (Wildman–Crippen MR) is 67.1 cm³/mol. The molecule has 0 spiro atoms. The van der Waals surface area contributed by atoms with E-state index in [0.29, 0.717) is 13.2 Å². The molecule has 2 aromatic rings. The van der Waals surface area contributed by atoms with Crippen LogP contribution in [0.3, 0.4) is 0 Å². The van der Waals surface area contributed by atoms with Gasteiger partial charge in [-0.25, -0.2) is 4.68 Å². The van der Waals surface area contributed by atoms with Crippen molar-refractivity contribution in [2.45, 2.75) is 32.6 Å². The summed E-state index contributed by atoms with van der Waals surface area (Å²) in [6.07, 6.45) is 1.87. The molecule has 0 saturated heterocycles. The summed E-state index contributed by atoms with van der Waals surface area (Å²) in [7, 11) is 0. The normalized spacial score (nSPS) is 14.8. The summed E-state index contributed by atoms with van der Waals surface area (Å²) < 4.78 is 7.15. The first-order chi connectivity index (χ1) is 8.54. The lowest BCUT2D eigenvalue weighted by Gasteiger charge is -2.13. The van der Waals surface area contributed by atoms with Crippen molar-refractivity contribution in [3.8, 4) is 5.69 Å². The molecule has 0 saturated carbocycles. The van der Waals surface area contributed by atoms with Crippen LogP contribution in [0.1, 0.15) is 30.7 Å². The maximum Gasteiger partial charge on any atom is 0.102 e. The van der Waals surface area contributed by atoms with E-state index in [1.54, 1.807) is 4.68 Å². The van der Waals surface area contributed by atoms with Crippen molar-refractivity contribution in [3.63, 3.8) is 0 Å². The molecule has 1 aliphatic heterocycles. The number of hydrogen-bond donors (Lipinski definition) is 1. The molecule has 1 aliphatic rings. The van der Waals surface area contributed by atoms with E-state index in [0.717, 1.165) is 11.4 Å². The van der Waals surface area contributed by atoms with Crippen molar-refractivity contribution in [2.24, 2.45) is 5.73 Å². The van der Waals surface area contributed by atoms with Gasteiger partial charge in [-0.1, -0.05) is 11.3 Å². The number of ether oxygens (including phenoxy) is 1. The second-order valence-electron chi connectivity index (χ2n) is 5.22. The molecule has 0 radical (unpaired) electrons. The Morgan fingerprint density at radius 2 is 2.06 bits per heavy atom.